The first-order valence-electron chi connectivity index (χ1n) is 17.3. The van der Waals surface area contributed by atoms with Crippen molar-refractivity contribution in [1.82, 2.24) is 0 Å². The van der Waals surface area contributed by atoms with E-state index in [9.17, 15) is 40.2 Å². The standard InChI is InChI=1S/C35H52O13/c1-15(31(43)44-5)24-22(37)13-21-19-7-6-17-12-18(8-10-34(17,3)20(19)9-11-35(21,24)4)46-33-30(28(41)26(39)23(14-36)47-33)48-32-29(42)27(40)25(38)16(2)45-32/h6,16,18-21,23,25-30,32-33,36,38-42H,7-14H2,1-5H3/b24-15+/t16-,18-,19+,20-,21-,23+,25-,26+,27+,28-,29+,30+,32-,33+,34-,35-/m0/s1. The zero-order valence-corrected chi connectivity index (χ0v) is 28.4. The van der Waals surface area contributed by atoms with Crippen LogP contribution in [0.1, 0.15) is 72.6 Å². The Hall–Kier alpha value is -1.78. The fraction of sp³-hybridized carbons (Fsp3) is 0.829. The van der Waals surface area contributed by atoms with E-state index >= 15 is 0 Å². The Morgan fingerprint density at radius 2 is 1.60 bits per heavy atom. The second-order valence-electron chi connectivity index (χ2n) is 15.3. The Bertz CT molecular complexity index is 1310. The van der Waals surface area contributed by atoms with E-state index in [1.165, 1.54) is 19.6 Å². The Morgan fingerprint density at radius 1 is 0.896 bits per heavy atom. The molecule has 0 aromatic heterocycles. The largest absolute Gasteiger partial charge is 0.466 e. The zero-order valence-electron chi connectivity index (χ0n) is 28.4. The summed E-state index contributed by atoms with van der Waals surface area (Å²) in [6.07, 6.45) is -6.75. The second-order valence-corrected chi connectivity index (χ2v) is 15.3. The number of carbonyl (C=O) groups excluding carboxylic acids is 2. The number of esters is 1. The van der Waals surface area contributed by atoms with E-state index in [1.807, 2.05) is 0 Å². The van der Waals surface area contributed by atoms with E-state index in [2.05, 4.69) is 19.9 Å². The molecule has 0 aromatic rings. The molecule has 0 spiro atoms. The average Bonchev–Trinajstić information content (AvgIpc) is 3.34. The molecule has 6 N–H and O–H groups in total. The van der Waals surface area contributed by atoms with Crippen LogP contribution in [0.5, 0.6) is 0 Å². The monoisotopic (exact) mass is 680 g/mol. The van der Waals surface area contributed by atoms with E-state index in [4.69, 9.17) is 23.7 Å². The van der Waals surface area contributed by atoms with Crippen LogP contribution in [0.25, 0.3) is 0 Å². The van der Waals surface area contributed by atoms with Gasteiger partial charge in [0.05, 0.1) is 25.9 Å². The first-order valence-corrected chi connectivity index (χ1v) is 17.3. The van der Waals surface area contributed by atoms with Gasteiger partial charge in [0.2, 0.25) is 0 Å². The third-order valence-electron chi connectivity index (χ3n) is 12.8. The van der Waals surface area contributed by atoms with Gasteiger partial charge in [0.15, 0.2) is 18.4 Å². The van der Waals surface area contributed by atoms with Crippen molar-refractivity contribution < 1.29 is 63.9 Å². The minimum Gasteiger partial charge on any atom is -0.466 e. The van der Waals surface area contributed by atoms with Crippen molar-refractivity contribution in [3.8, 4) is 0 Å². The zero-order chi connectivity index (χ0) is 34.9. The Morgan fingerprint density at radius 3 is 2.29 bits per heavy atom. The van der Waals surface area contributed by atoms with Crippen LogP contribution < -0.4 is 0 Å². The number of methoxy groups -OCH3 is 1. The summed E-state index contributed by atoms with van der Waals surface area (Å²) in [7, 11) is 1.34. The van der Waals surface area contributed by atoms with Gasteiger partial charge in [-0.15, -0.1) is 0 Å². The summed E-state index contributed by atoms with van der Waals surface area (Å²) in [6, 6.07) is 0. The lowest BCUT2D eigenvalue weighted by molar-refractivity contribution is -0.369. The van der Waals surface area contributed by atoms with Crippen molar-refractivity contribution in [3.05, 3.63) is 22.8 Å². The molecule has 0 aromatic carbocycles. The Balaban J connectivity index is 1.19. The van der Waals surface area contributed by atoms with Gasteiger partial charge in [-0.2, -0.15) is 0 Å². The molecule has 2 saturated heterocycles. The highest BCUT2D eigenvalue weighted by molar-refractivity contribution is 6.06. The van der Waals surface area contributed by atoms with Crippen molar-refractivity contribution >= 4 is 11.8 Å². The van der Waals surface area contributed by atoms with Crippen LogP contribution in [-0.2, 0) is 33.3 Å². The maximum Gasteiger partial charge on any atom is 0.333 e. The van der Waals surface area contributed by atoms with Crippen molar-refractivity contribution in [2.75, 3.05) is 13.7 Å². The highest BCUT2D eigenvalue weighted by atomic mass is 16.8. The number of aliphatic hydroxyl groups excluding tert-OH is 6. The number of fused-ring (bicyclic) bond motifs is 5. The molecular formula is C35H52O13. The molecule has 0 unspecified atom stereocenters. The lowest BCUT2D eigenvalue weighted by Crippen LogP contribution is -2.64. The van der Waals surface area contributed by atoms with Crippen LogP contribution in [-0.4, -0.2) is 124 Å². The van der Waals surface area contributed by atoms with E-state index in [-0.39, 0.29) is 28.6 Å². The van der Waals surface area contributed by atoms with E-state index in [0.717, 1.165) is 25.7 Å². The van der Waals surface area contributed by atoms with Crippen LogP contribution in [0.2, 0.25) is 0 Å². The Kier molecular flexibility index (Phi) is 10.1. The number of hydrogen-bond donors (Lipinski definition) is 6. The smallest absolute Gasteiger partial charge is 0.333 e. The molecule has 5 fully saturated rings. The third-order valence-corrected chi connectivity index (χ3v) is 12.8. The molecule has 13 heteroatoms. The quantitative estimate of drug-likeness (QED) is 0.130. The predicted molar refractivity (Wildman–Crippen MR) is 167 cm³/mol. The van der Waals surface area contributed by atoms with Crippen LogP contribution in [0.4, 0.5) is 0 Å². The number of rotatable bonds is 6. The fourth-order valence-electron chi connectivity index (χ4n) is 10.0. The van der Waals surface area contributed by atoms with Crippen molar-refractivity contribution in [3.63, 3.8) is 0 Å². The van der Waals surface area contributed by atoms with Crippen LogP contribution in [0.3, 0.4) is 0 Å². The molecule has 0 bridgehead atoms. The highest BCUT2D eigenvalue weighted by Crippen LogP contribution is 2.66. The first-order chi connectivity index (χ1) is 22.7. The average molecular weight is 681 g/mol. The number of hydrogen-bond acceptors (Lipinski definition) is 13. The van der Waals surface area contributed by atoms with E-state index < -0.39 is 74.0 Å². The fourth-order valence-corrected chi connectivity index (χ4v) is 10.0. The minimum atomic E-state index is -1.64. The second kappa shape index (κ2) is 13.4. The number of ether oxygens (including phenoxy) is 5. The van der Waals surface area contributed by atoms with Crippen molar-refractivity contribution in [2.45, 2.75) is 140 Å². The van der Waals surface area contributed by atoms with E-state index in [1.54, 1.807) is 6.92 Å². The lowest BCUT2D eigenvalue weighted by atomic mass is 9.47. The summed E-state index contributed by atoms with van der Waals surface area (Å²) in [5.74, 6) is 0.384. The molecule has 4 aliphatic carbocycles. The van der Waals surface area contributed by atoms with Crippen LogP contribution in [0, 0.1) is 28.6 Å². The van der Waals surface area contributed by atoms with Gasteiger partial charge in [0.1, 0.15) is 42.7 Å². The molecule has 6 aliphatic rings. The maximum absolute atomic E-state index is 13.4. The number of Topliss-reactive ketones (excluding diaryl/α,β-unsaturated/α-hetero) is 1. The molecule has 2 heterocycles. The van der Waals surface area contributed by atoms with Gasteiger partial charge in [0.25, 0.3) is 0 Å². The van der Waals surface area contributed by atoms with Gasteiger partial charge < -0.3 is 54.3 Å². The highest BCUT2D eigenvalue weighted by Gasteiger charge is 2.60. The van der Waals surface area contributed by atoms with Crippen LogP contribution >= 0.6 is 0 Å². The number of allylic oxidation sites excluding steroid dienone is 2. The lowest BCUT2D eigenvalue weighted by Gasteiger charge is -2.57. The third kappa shape index (κ3) is 5.81. The van der Waals surface area contributed by atoms with Gasteiger partial charge in [-0.05, 0) is 75.5 Å². The predicted octanol–water partition coefficient (Wildman–Crippen LogP) is 0.655. The molecule has 270 valence electrons. The number of ketones is 1. The summed E-state index contributed by atoms with van der Waals surface area (Å²) in [4.78, 5) is 25.8. The molecule has 0 amide bonds. The van der Waals surface area contributed by atoms with Gasteiger partial charge in [-0.25, -0.2) is 4.79 Å². The topological polar surface area (TPSA) is 202 Å². The Labute approximate surface area is 280 Å². The molecule has 13 nitrogen and oxygen atoms in total. The van der Waals surface area contributed by atoms with Crippen molar-refractivity contribution in [1.29, 1.82) is 0 Å². The van der Waals surface area contributed by atoms with Crippen molar-refractivity contribution in [2.24, 2.45) is 28.6 Å². The molecule has 6 rings (SSSR count). The normalized spacial score (nSPS) is 50.1. The number of aliphatic hydroxyl groups is 6. The maximum atomic E-state index is 13.4. The first kappa shape index (κ1) is 36.0. The summed E-state index contributed by atoms with van der Waals surface area (Å²) in [5.41, 5.74) is 1.83. The summed E-state index contributed by atoms with van der Waals surface area (Å²) >= 11 is 0. The minimum absolute atomic E-state index is 0.0483. The molecule has 16 atom stereocenters. The molecule has 3 saturated carbocycles. The van der Waals surface area contributed by atoms with Gasteiger partial charge in [-0.1, -0.05) is 25.5 Å². The number of carbonyl (C=O) groups is 2. The summed E-state index contributed by atoms with van der Waals surface area (Å²) in [6.45, 7) is 7.07. The molecule has 48 heavy (non-hydrogen) atoms. The van der Waals surface area contributed by atoms with Gasteiger partial charge in [0, 0.05) is 23.0 Å². The summed E-state index contributed by atoms with van der Waals surface area (Å²) < 4.78 is 28.8. The molecule has 0 radical (unpaired) electrons. The molecular weight excluding hydrogens is 628 g/mol. The SMILES string of the molecule is COC(=O)/C(C)=C1\C(=O)C[C@H]2[C@@H]3CC=C4C[C@@H](O[C@@H]5O[C@H](CO)[C@@H](O)[C@H](O)[C@H]5O[C@@H]5O[C@@H](C)[C@H](O)[C@@H](O)[C@H]5O)CC[C@]4(C)[C@H]3CC[C@]12C. The van der Waals surface area contributed by atoms with Gasteiger partial charge in [-0.3, -0.25) is 4.79 Å². The molecule has 2 aliphatic heterocycles. The van der Waals surface area contributed by atoms with E-state index in [0.29, 0.717) is 42.2 Å². The van der Waals surface area contributed by atoms with Gasteiger partial charge >= 0.3 is 5.97 Å². The summed E-state index contributed by atoms with van der Waals surface area (Å²) in [5, 5.41) is 62.5. The van der Waals surface area contributed by atoms with Crippen LogP contribution in [0.15, 0.2) is 22.8 Å².